The number of benzene rings is 2. The Kier molecular flexibility index (Phi) is 4.74. The Morgan fingerprint density at radius 3 is 1.55 bits per heavy atom. The number of fused-ring (bicyclic) bond motifs is 2. The zero-order chi connectivity index (χ0) is 15.7. The fourth-order valence-electron chi connectivity index (χ4n) is 3.13. The number of hydrogen-bond donors (Lipinski definition) is 2. The van der Waals surface area contributed by atoms with Crippen LogP contribution < -0.4 is 0 Å². The van der Waals surface area contributed by atoms with Crippen LogP contribution in [0.3, 0.4) is 0 Å². The maximum absolute atomic E-state index is 9.43. The predicted molar refractivity (Wildman–Crippen MR) is 89.5 cm³/mol. The van der Waals surface area contributed by atoms with Crippen LogP contribution in [0, 0.1) is 0 Å². The molecule has 0 aliphatic heterocycles. The van der Waals surface area contributed by atoms with E-state index in [4.69, 9.17) is 23.2 Å². The van der Waals surface area contributed by atoms with Crippen molar-refractivity contribution < 1.29 is 10.2 Å². The molecule has 0 bridgehead atoms. The average molecular weight is 337 g/mol. The summed E-state index contributed by atoms with van der Waals surface area (Å²) in [6.07, 6.45) is 3.07. The minimum absolute atomic E-state index is 0.262. The first-order valence-corrected chi connectivity index (χ1v) is 8.23. The molecule has 2 aromatic rings. The van der Waals surface area contributed by atoms with Gasteiger partial charge in [0.05, 0.1) is 12.2 Å². The van der Waals surface area contributed by atoms with Crippen molar-refractivity contribution >= 4 is 23.2 Å². The lowest BCUT2D eigenvalue weighted by Gasteiger charge is -2.02. The van der Waals surface area contributed by atoms with Crippen LogP contribution in [0.2, 0.25) is 10.0 Å². The van der Waals surface area contributed by atoms with Crippen molar-refractivity contribution in [2.45, 2.75) is 37.9 Å². The number of aliphatic hydroxyl groups excluding tert-OH is 2. The lowest BCUT2D eigenvalue weighted by molar-refractivity contribution is 0.179. The molecule has 2 nitrogen and oxygen atoms in total. The SMILES string of the molecule is O[C@@H]1CCc2cc(Cl)ccc21.O[C@H]1CCc2cc(Cl)ccc21. The second-order valence-corrected chi connectivity index (χ2v) is 6.67. The highest BCUT2D eigenvalue weighted by molar-refractivity contribution is 6.30. The van der Waals surface area contributed by atoms with Gasteiger partial charge in [-0.3, -0.25) is 0 Å². The zero-order valence-corrected chi connectivity index (χ0v) is 13.6. The fraction of sp³-hybridized carbons (Fsp3) is 0.333. The Bertz CT molecular complexity index is 625. The number of aryl methyl sites for hydroxylation is 2. The third kappa shape index (κ3) is 3.31. The molecular formula is C18H18Cl2O2. The van der Waals surface area contributed by atoms with E-state index in [1.807, 2.05) is 36.4 Å². The molecule has 2 N–H and O–H groups in total. The average Bonchev–Trinajstić information content (AvgIpc) is 3.03. The molecule has 4 rings (SSSR count). The maximum atomic E-state index is 9.43. The molecule has 0 saturated carbocycles. The molecule has 4 heteroatoms. The van der Waals surface area contributed by atoms with E-state index in [2.05, 4.69) is 0 Å². The summed E-state index contributed by atoms with van der Waals surface area (Å²) in [4.78, 5) is 0. The molecule has 2 aliphatic rings. The minimum atomic E-state index is -0.262. The van der Waals surface area contributed by atoms with Crippen molar-refractivity contribution in [3.63, 3.8) is 0 Å². The molecule has 0 fully saturated rings. The van der Waals surface area contributed by atoms with Gasteiger partial charge in [-0.1, -0.05) is 35.3 Å². The van der Waals surface area contributed by atoms with Gasteiger partial charge in [0.2, 0.25) is 0 Å². The van der Waals surface area contributed by atoms with Crippen LogP contribution in [-0.4, -0.2) is 10.2 Å². The smallest absolute Gasteiger partial charge is 0.0795 e. The molecule has 0 radical (unpaired) electrons. The van der Waals surface area contributed by atoms with Gasteiger partial charge in [0.25, 0.3) is 0 Å². The highest BCUT2D eigenvalue weighted by Gasteiger charge is 2.20. The number of hydrogen-bond acceptors (Lipinski definition) is 2. The Morgan fingerprint density at radius 2 is 1.14 bits per heavy atom. The molecule has 0 saturated heterocycles. The van der Waals surface area contributed by atoms with E-state index in [-0.39, 0.29) is 12.2 Å². The fourth-order valence-corrected chi connectivity index (χ4v) is 3.52. The summed E-state index contributed by atoms with van der Waals surface area (Å²) in [6.45, 7) is 0. The first kappa shape index (κ1) is 15.8. The van der Waals surface area contributed by atoms with Gasteiger partial charge in [-0.25, -0.2) is 0 Å². The Balaban J connectivity index is 0.000000131. The second kappa shape index (κ2) is 6.59. The molecular weight excluding hydrogens is 319 g/mol. The molecule has 2 atom stereocenters. The van der Waals surface area contributed by atoms with E-state index in [1.165, 1.54) is 11.1 Å². The third-order valence-corrected chi connectivity index (χ3v) is 4.77. The van der Waals surface area contributed by atoms with Crippen LogP contribution in [0.5, 0.6) is 0 Å². The van der Waals surface area contributed by atoms with Gasteiger partial charge >= 0.3 is 0 Å². The highest BCUT2D eigenvalue weighted by atomic mass is 35.5. The Hall–Kier alpha value is -1.06. The predicted octanol–water partition coefficient (Wildman–Crippen LogP) is 4.64. The molecule has 0 unspecified atom stereocenters. The van der Waals surface area contributed by atoms with Crippen LogP contribution in [0.25, 0.3) is 0 Å². The maximum Gasteiger partial charge on any atom is 0.0795 e. The monoisotopic (exact) mass is 336 g/mol. The van der Waals surface area contributed by atoms with Gasteiger partial charge in [-0.2, -0.15) is 0 Å². The van der Waals surface area contributed by atoms with E-state index < -0.39 is 0 Å². The van der Waals surface area contributed by atoms with Crippen molar-refractivity contribution in [2.24, 2.45) is 0 Å². The van der Waals surface area contributed by atoms with Crippen molar-refractivity contribution in [3.05, 3.63) is 68.7 Å². The van der Waals surface area contributed by atoms with Crippen molar-refractivity contribution in [1.29, 1.82) is 0 Å². The van der Waals surface area contributed by atoms with E-state index in [0.29, 0.717) is 0 Å². The molecule has 2 aromatic carbocycles. The summed E-state index contributed by atoms with van der Waals surface area (Å²) in [6, 6.07) is 11.4. The van der Waals surface area contributed by atoms with Crippen LogP contribution >= 0.6 is 23.2 Å². The molecule has 0 spiro atoms. The topological polar surface area (TPSA) is 40.5 Å². The molecule has 0 amide bonds. The molecule has 2 aliphatic carbocycles. The number of halogens is 2. The van der Waals surface area contributed by atoms with Gasteiger partial charge in [-0.05, 0) is 72.2 Å². The number of aliphatic hydroxyl groups is 2. The van der Waals surface area contributed by atoms with Crippen LogP contribution in [0.1, 0.15) is 47.3 Å². The third-order valence-electron chi connectivity index (χ3n) is 4.30. The van der Waals surface area contributed by atoms with Crippen molar-refractivity contribution in [3.8, 4) is 0 Å². The van der Waals surface area contributed by atoms with Crippen LogP contribution in [0.4, 0.5) is 0 Å². The molecule has 0 heterocycles. The molecule has 0 aromatic heterocycles. The summed E-state index contributed by atoms with van der Waals surface area (Å²) < 4.78 is 0. The second-order valence-electron chi connectivity index (χ2n) is 5.80. The Morgan fingerprint density at radius 1 is 0.727 bits per heavy atom. The summed E-state index contributed by atoms with van der Waals surface area (Å²) in [7, 11) is 0. The first-order chi connectivity index (χ1) is 10.5. The first-order valence-electron chi connectivity index (χ1n) is 7.47. The van der Waals surface area contributed by atoms with Crippen molar-refractivity contribution in [1.82, 2.24) is 0 Å². The van der Waals surface area contributed by atoms with E-state index in [1.54, 1.807) is 0 Å². The van der Waals surface area contributed by atoms with Gasteiger partial charge in [0.1, 0.15) is 0 Å². The standard InChI is InChI=1S/2C9H9ClO/c2*10-7-2-3-8-6(5-7)1-4-9(8)11/h2*2-3,5,9,11H,1,4H2/t2*9-/m10/s1. The van der Waals surface area contributed by atoms with E-state index in [9.17, 15) is 10.2 Å². The lowest BCUT2D eigenvalue weighted by atomic mass is 10.1. The van der Waals surface area contributed by atoms with Gasteiger partial charge in [0, 0.05) is 10.0 Å². The highest BCUT2D eigenvalue weighted by Crippen LogP contribution is 2.33. The lowest BCUT2D eigenvalue weighted by Crippen LogP contribution is -1.88. The van der Waals surface area contributed by atoms with Gasteiger partial charge in [0.15, 0.2) is 0 Å². The summed E-state index contributed by atoms with van der Waals surface area (Å²) in [5, 5.41) is 20.4. The quantitative estimate of drug-likeness (QED) is 0.735. The van der Waals surface area contributed by atoms with Crippen molar-refractivity contribution in [2.75, 3.05) is 0 Å². The largest absolute Gasteiger partial charge is 0.388 e. The van der Waals surface area contributed by atoms with E-state index >= 15 is 0 Å². The van der Waals surface area contributed by atoms with Gasteiger partial charge < -0.3 is 10.2 Å². The Labute approximate surface area is 140 Å². The van der Waals surface area contributed by atoms with Crippen LogP contribution in [-0.2, 0) is 12.8 Å². The van der Waals surface area contributed by atoms with E-state index in [0.717, 1.165) is 46.9 Å². The van der Waals surface area contributed by atoms with Crippen LogP contribution in [0.15, 0.2) is 36.4 Å². The summed E-state index contributed by atoms with van der Waals surface area (Å²) >= 11 is 11.6. The number of rotatable bonds is 0. The summed E-state index contributed by atoms with van der Waals surface area (Å²) in [5.41, 5.74) is 4.50. The zero-order valence-electron chi connectivity index (χ0n) is 12.1. The molecule has 22 heavy (non-hydrogen) atoms. The normalized spacial score (nSPS) is 21.8. The summed E-state index contributed by atoms with van der Waals surface area (Å²) in [5.74, 6) is 0. The minimum Gasteiger partial charge on any atom is -0.388 e. The van der Waals surface area contributed by atoms with Gasteiger partial charge in [-0.15, -0.1) is 0 Å². The molecule has 116 valence electrons.